The van der Waals surface area contributed by atoms with E-state index in [-0.39, 0.29) is 17.2 Å². The fourth-order valence-electron chi connectivity index (χ4n) is 4.69. The minimum absolute atomic E-state index is 0.000112. The SMILES string of the molecule is CN(C)CC(C)(C)CNC(=O)C1CCN(C(=O)C(C(=O)c2ccccc2)n2ccccc2=O)CC1. The highest BCUT2D eigenvalue weighted by Gasteiger charge is 2.36. The lowest BCUT2D eigenvalue weighted by Gasteiger charge is -2.34. The van der Waals surface area contributed by atoms with Crippen molar-refractivity contribution >= 4 is 17.6 Å². The summed E-state index contributed by atoms with van der Waals surface area (Å²) < 4.78 is 1.20. The number of carbonyl (C=O) groups is 3. The van der Waals surface area contributed by atoms with Gasteiger partial charge in [0.15, 0.2) is 11.8 Å². The topological polar surface area (TPSA) is 91.7 Å². The Morgan fingerprint density at radius 2 is 1.66 bits per heavy atom. The van der Waals surface area contributed by atoms with E-state index in [4.69, 9.17) is 0 Å². The third kappa shape index (κ3) is 6.88. The molecule has 188 valence electrons. The lowest BCUT2D eigenvalue weighted by molar-refractivity contribution is -0.137. The number of amides is 2. The molecule has 1 aromatic heterocycles. The van der Waals surface area contributed by atoms with Crippen LogP contribution >= 0.6 is 0 Å². The Kier molecular flexibility index (Phi) is 8.62. The highest BCUT2D eigenvalue weighted by Crippen LogP contribution is 2.23. The Morgan fingerprint density at radius 1 is 1.03 bits per heavy atom. The van der Waals surface area contributed by atoms with Crippen molar-refractivity contribution in [3.05, 3.63) is 70.6 Å². The quantitative estimate of drug-likeness (QED) is 0.439. The molecule has 1 fully saturated rings. The van der Waals surface area contributed by atoms with Gasteiger partial charge in [0, 0.05) is 49.9 Å². The number of nitrogens with zero attached hydrogens (tertiary/aromatic N) is 3. The summed E-state index contributed by atoms with van der Waals surface area (Å²) >= 11 is 0. The molecule has 35 heavy (non-hydrogen) atoms. The number of carbonyl (C=O) groups excluding carboxylic acids is 3. The van der Waals surface area contributed by atoms with E-state index in [2.05, 4.69) is 24.1 Å². The predicted molar refractivity (Wildman–Crippen MR) is 135 cm³/mol. The fraction of sp³-hybridized carbons (Fsp3) is 0.481. The van der Waals surface area contributed by atoms with Crippen molar-refractivity contribution < 1.29 is 14.4 Å². The van der Waals surface area contributed by atoms with Gasteiger partial charge in [-0.1, -0.05) is 50.2 Å². The van der Waals surface area contributed by atoms with Gasteiger partial charge in [0.1, 0.15) is 0 Å². The van der Waals surface area contributed by atoms with Crippen LogP contribution in [-0.4, -0.2) is 72.2 Å². The van der Waals surface area contributed by atoms with Crippen LogP contribution in [0.4, 0.5) is 0 Å². The van der Waals surface area contributed by atoms with Crippen LogP contribution in [0.1, 0.15) is 43.1 Å². The molecule has 0 aliphatic carbocycles. The Morgan fingerprint density at radius 3 is 2.26 bits per heavy atom. The first-order valence-corrected chi connectivity index (χ1v) is 12.1. The molecule has 3 rings (SSSR count). The molecule has 2 amide bonds. The monoisotopic (exact) mass is 480 g/mol. The average Bonchev–Trinajstić information content (AvgIpc) is 2.83. The largest absolute Gasteiger partial charge is 0.355 e. The number of nitrogens with one attached hydrogen (secondary N) is 1. The van der Waals surface area contributed by atoms with E-state index in [1.807, 2.05) is 14.1 Å². The number of piperidine rings is 1. The van der Waals surface area contributed by atoms with Gasteiger partial charge in [-0.25, -0.2) is 0 Å². The molecule has 8 nitrogen and oxygen atoms in total. The first-order chi connectivity index (χ1) is 16.6. The first-order valence-electron chi connectivity index (χ1n) is 12.1. The van der Waals surface area contributed by atoms with E-state index in [9.17, 15) is 19.2 Å². The zero-order valence-corrected chi connectivity index (χ0v) is 21.1. The van der Waals surface area contributed by atoms with Crippen LogP contribution in [0.25, 0.3) is 0 Å². The number of Topliss-reactive ketones (excluding diaryl/α,β-unsaturated/α-hetero) is 1. The molecule has 1 saturated heterocycles. The summed E-state index contributed by atoms with van der Waals surface area (Å²) in [4.78, 5) is 55.9. The fourth-order valence-corrected chi connectivity index (χ4v) is 4.69. The van der Waals surface area contributed by atoms with Crippen molar-refractivity contribution in [1.29, 1.82) is 0 Å². The van der Waals surface area contributed by atoms with E-state index in [0.29, 0.717) is 38.0 Å². The molecule has 1 aliphatic rings. The van der Waals surface area contributed by atoms with Crippen LogP contribution in [0.2, 0.25) is 0 Å². The molecule has 2 heterocycles. The van der Waals surface area contributed by atoms with Crippen LogP contribution in [0.15, 0.2) is 59.5 Å². The Balaban J connectivity index is 1.68. The number of ketones is 1. The van der Waals surface area contributed by atoms with Crippen molar-refractivity contribution in [2.75, 3.05) is 40.3 Å². The molecule has 1 unspecified atom stereocenters. The van der Waals surface area contributed by atoms with Crippen LogP contribution in [0.3, 0.4) is 0 Å². The minimum Gasteiger partial charge on any atom is -0.355 e. The predicted octanol–water partition coefficient (Wildman–Crippen LogP) is 2.21. The third-order valence-electron chi connectivity index (χ3n) is 6.33. The molecular weight excluding hydrogens is 444 g/mol. The molecule has 8 heteroatoms. The summed E-state index contributed by atoms with van der Waals surface area (Å²) in [7, 11) is 4.02. The number of rotatable bonds is 9. The summed E-state index contributed by atoms with van der Waals surface area (Å²) in [5.74, 6) is -1.03. The molecule has 1 aliphatic heterocycles. The van der Waals surface area contributed by atoms with Gasteiger partial charge in [0.25, 0.3) is 11.5 Å². The number of likely N-dealkylation sites (tertiary alicyclic amines) is 1. The van der Waals surface area contributed by atoms with Gasteiger partial charge < -0.3 is 15.1 Å². The molecule has 1 atom stereocenters. The number of hydrogen-bond donors (Lipinski definition) is 1. The molecule has 1 aromatic carbocycles. The van der Waals surface area contributed by atoms with Gasteiger partial charge >= 0.3 is 0 Å². The molecule has 0 saturated carbocycles. The van der Waals surface area contributed by atoms with E-state index in [1.165, 1.54) is 16.8 Å². The second kappa shape index (κ2) is 11.4. The summed E-state index contributed by atoms with van der Waals surface area (Å²) in [6.07, 6.45) is 2.50. The zero-order chi connectivity index (χ0) is 25.6. The number of aromatic nitrogens is 1. The summed E-state index contributed by atoms with van der Waals surface area (Å²) in [5.41, 5.74) is -0.0926. The maximum atomic E-state index is 13.5. The van der Waals surface area contributed by atoms with Gasteiger partial charge in [-0.3, -0.25) is 23.7 Å². The first kappa shape index (κ1) is 26.3. The van der Waals surface area contributed by atoms with E-state index in [0.717, 1.165) is 6.54 Å². The summed E-state index contributed by atoms with van der Waals surface area (Å²) in [6.45, 7) is 6.38. The van der Waals surface area contributed by atoms with Crippen molar-refractivity contribution in [1.82, 2.24) is 19.7 Å². The second-order valence-corrected chi connectivity index (χ2v) is 10.3. The maximum Gasteiger partial charge on any atom is 0.253 e. The Bertz CT molecular complexity index is 1090. The van der Waals surface area contributed by atoms with Gasteiger partial charge in [-0.15, -0.1) is 0 Å². The lowest BCUT2D eigenvalue weighted by atomic mass is 9.91. The van der Waals surface area contributed by atoms with Crippen molar-refractivity contribution in [3.63, 3.8) is 0 Å². The van der Waals surface area contributed by atoms with Crippen molar-refractivity contribution in [2.24, 2.45) is 11.3 Å². The highest BCUT2D eigenvalue weighted by molar-refractivity contribution is 6.11. The number of pyridine rings is 1. The minimum atomic E-state index is -1.27. The van der Waals surface area contributed by atoms with Crippen LogP contribution in [-0.2, 0) is 9.59 Å². The van der Waals surface area contributed by atoms with Crippen molar-refractivity contribution in [3.8, 4) is 0 Å². The smallest absolute Gasteiger partial charge is 0.253 e. The zero-order valence-electron chi connectivity index (χ0n) is 21.1. The normalized spacial score (nSPS) is 15.6. The Hall–Kier alpha value is -3.26. The van der Waals surface area contributed by atoms with Gasteiger partial charge in [-0.2, -0.15) is 0 Å². The van der Waals surface area contributed by atoms with Crippen LogP contribution in [0.5, 0.6) is 0 Å². The van der Waals surface area contributed by atoms with E-state index < -0.39 is 23.3 Å². The molecule has 1 N–H and O–H groups in total. The third-order valence-corrected chi connectivity index (χ3v) is 6.33. The van der Waals surface area contributed by atoms with E-state index in [1.54, 1.807) is 47.4 Å². The molecule has 2 aromatic rings. The summed E-state index contributed by atoms with van der Waals surface area (Å²) in [5, 5.41) is 3.07. The molecular formula is C27H36N4O4. The summed E-state index contributed by atoms with van der Waals surface area (Å²) in [6, 6.07) is 11.8. The van der Waals surface area contributed by atoms with Gasteiger partial charge in [-0.05, 0) is 38.4 Å². The highest BCUT2D eigenvalue weighted by atomic mass is 16.2. The molecule has 0 bridgehead atoms. The van der Waals surface area contributed by atoms with Crippen molar-refractivity contribution in [2.45, 2.75) is 32.7 Å². The van der Waals surface area contributed by atoms with Gasteiger partial charge in [0.05, 0.1) is 0 Å². The van der Waals surface area contributed by atoms with Crippen LogP contribution < -0.4 is 10.9 Å². The second-order valence-electron chi connectivity index (χ2n) is 10.3. The number of hydrogen-bond acceptors (Lipinski definition) is 5. The lowest BCUT2D eigenvalue weighted by Crippen LogP contribution is -2.49. The van der Waals surface area contributed by atoms with Gasteiger partial charge in [0.2, 0.25) is 5.91 Å². The number of benzene rings is 1. The molecule has 0 spiro atoms. The van der Waals surface area contributed by atoms with E-state index >= 15 is 0 Å². The average molecular weight is 481 g/mol. The Labute approximate surface area is 206 Å². The standard InChI is InChI=1S/C27H36N4O4/c1-27(2,19-29(3)4)18-28-25(34)21-13-16-30(17-14-21)26(35)23(31-15-9-8-12-22(31)32)24(33)20-10-6-5-7-11-20/h5-12,15,21,23H,13-14,16-19H2,1-4H3,(H,28,34). The van der Waals surface area contributed by atoms with Crippen LogP contribution in [0, 0.1) is 11.3 Å². The maximum absolute atomic E-state index is 13.5. The molecule has 0 radical (unpaired) electrons.